The molecule has 1 unspecified atom stereocenters. The molecule has 0 bridgehead atoms. The van der Waals surface area contributed by atoms with Gasteiger partial charge in [0.1, 0.15) is 8.68 Å². The van der Waals surface area contributed by atoms with E-state index in [0.29, 0.717) is 23.5 Å². The van der Waals surface area contributed by atoms with E-state index in [1.54, 1.807) is 6.20 Å². The van der Waals surface area contributed by atoms with E-state index in [0.717, 1.165) is 40.4 Å². The van der Waals surface area contributed by atoms with Crippen molar-refractivity contribution in [3.05, 3.63) is 90.8 Å². The summed E-state index contributed by atoms with van der Waals surface area (Å²) in [5, 5.41) is 15.2. The van der Waals surface area contributed by atoms with Crippen LogP contribution in [0.4, 0.5) is 5.69 Å². The van der Waals surface area contributed by atoms with Crippen LogP contribution in [0.1, 0.15) is 18.4 Å². The molecule has 5 nitrogen and oxygen atoms in total. The minimum Gasteiger partial charge on any atom is -0.382 e. The second kappa shape index (κ2) is 9.51. The molecule has 4 aromatic rings. The van der Waals surface area contributed by atoms with Crippen molar-refractivity contribution >= 4 is 36.3 Å². The highest BCUT2D eigenvalue weighted by molar-refractivity contribution is 8.31. The maximum atomic E-state index is 13.3. The van der Waals surface area contributed by atoms with Crippen LogP contribution in [-0.2, 0) is 19.9 Å². The number of nitrogens with zero attached hydrogens (tertiary/aromatic N) is 3. The van der Waals surface area contributed by atoms with E-state index in [1.807, 2.05) is 71.2 Å². The van der Waals surface area contributed by atoms with Crippen LogP contribution in [0, 0.1) is 11.3 Å². The topological polar surface area (TPSA) is 69.0 Å². The number of hydrogen-bond donors (Lipinski definition) is 1. The number of nitriles is 1. The van der Waals surface area contributed by atoms with Crippen LogP contribution in [-0.4, -0.2) is 32.6 Å². The summed E-state index contributed by atoms with van der Waals surface area (Å²) in [5.74, 6) is 0. The molecule has 1 aliphatic rings. The standard InChI is InChI=1S/C27H24N4OS2/c28-18-20-5-4-6-21(15-20)23-16-22-9-12-29-19-26(22)27(17-23)30-24-10-13-31(14-11-24)34(32,33)25-7-2-1-3-8-25/h1-9,12,15-17,19,24,30H,10-11,13-14H2. The summed E-state index contributed by atoms with van der Waals surface area (Å²) in [6, 6.07) is 25.8. The fraction of sp³-hybridized carbons (Fsp3) is 0.185. The summed E-state index contributed by atoms with van der Waals surface area (Å²) in [4.78, 5) is 5.04. The van der Waals surface area contributed by atoms with Crippen LogP contribution in [0.25, 0.3) is 21.9 Å². The average Bonchev–Trinajstić information content (AvgIpc) is 2.89. The summed E-state index contributed by atoms with van der Waals surface area (Å²) >= 11 is 5.56. The highest BCUT2D eigenvalue weighted by Gasteiger charge is 2.27. The van der Waals surface area contributed by atoms with E-state index >= 15 is 0 Å². The largest absolute Gasteiger partial charge is 0.382 e. The average molecular weight is 485 g/mol. The highest BCUT2D eigenvalue weighted by Crippen LogP contribution is 2.32. The normalized spacial score (nSPS) is 16.6. The van der Waals surface area contributed by atoms with E-state index in [1.165, 1.54) is 0 Å². The van der Waals surface area contributed by atoms with Gasteiger partial charge in [0.2, 0.25) is 0 Å². The first kappa shape index (κ1) is 22.5. The second-order valence-electron chi connectivity index (χ2n) is 8.45. The molecular weight excluding hydrogens is 460 g/mol. The molecular formula is C27H24N4OS2. The molecule has 0 saturated carbocycles. The third-order valence-electron chi connectivity index (χ3n) is 6.28. The highest BCUT2D eigenvalue weighted by atomic mass is 32.8. The van der Waals surface area contributed by atoms with Gasteiger partial charge in [-0.15, -0.1) is 0 Å². The molecule has 0 amide bonds. The van der Waals surface area contributed by atoms with Crippen molar-refractivity contribution in [3.63, 3.8) is 0 Å². The zero-order chi connectivity index (χ0) is 23.5. The Bertz CT molecular complexity index is 1470. The Kier molecular flexibility index (Phi) is 6.29. The number of piperidine rings is 1. The van der Waals surface area contributed by atoms with Gasteiger partial charge >= 0.3 is 0 Å². The smallest absolute Gasteiger partial charge is 0.121 e. The number of aromatic nitrogens is 1. The minimum absolute atomic E-state index is 0.237. The van der Waals surface area contributed by atoms with Crippen molar-refractivity contribution < 1.29 is 4.21 Å². The van der Waals surface area contributed by atoms with Gasteiger partial charge in [0.05, 0.1) is 16.5 Å². The molecule has 1 saturated heterocycles. The Labute approximate surface area is 204 Å². The first-order chi connectivity index (χ1) is 16.5. The van der Waals surface area contributed by atoms with Gasteiger partial charge in [-0.1, -0.05) is 30.3 Å². The van der Waals surface area contributed by atoms with E-state index in [9.17, 15) is 9.47 Å². The fourth-order valence-corrected chi connectivity index (χ4v) is 6.73. The van der Waals surface area contributed by atoms with E-state index in [4.69, 9.17) is 11.2 Å². The van der Waals surface area contributed by atoms with Gasteiger partial charge in [-0.25, -0.2) is 8.51 Å². The van der Waals surface area contributed by atoms with Gasteiger partial charge in [-0.2, -0.15) is 5.26 Å². The lowest BCUT2D eigenvalue weighted by atomic mass is 9.98. The fourth-order valence-electron chi connectivity index (χ4n) is 4.45. The predicted octanol–water partition coefficient (Wildman–Crippen LogP) is 5.37. The lowest BCUT2D eigenvalue weighted by Gasteiger charge is -2.34. The molecule has 1 fully saturated rings. The number of benzene rings is 3. The van der Waals surface area contributed by atoms with Gasteiger partial charge < -0.3 is 5.32 Å². The number of hydrogen-bond acceptors (Lipinski definition) is 5. The Morgan fingerprint density at radius 1 is 1.00 bits per heavy atom. The predicted molar refractivity (Wildman–Crippen MR) is 140 cm³/mol. The van der Waals surface area contributed by atoms with Gasteiger partial charge in [0, 0.05) is 53.8 Å². The summed E-state index contributed by atoms with van der Waals surface area (Å²) in [6.07, 6.45) is 5.37. The van der Waals surface area contributed by atoms with Gasteiger partial charge in [0.15, 0.2) is 0 Å². The van der Waals surface area contributed by atoms with Crippen molar-refractivity contribution in [1.82, 2.24) is 9.29 Å². The molecule has 0 aliphatic carbocycles. The molecule has 1 aliphatic heterocycles. The zero-order valence-corrected chi connectivity index (χ0v) is 20.2. The minimum atomic E-state index is -2.64. The molecule has 2 heterocycles. The Morgan fingerprint density at radius 3 is 2.56 bits per heavy atom. The van der Waals surface area contributed by atoms with Gasteiger partial charge in [-0.05, 0) is 71.8 Å². The Morgan fingerprint density at radius 2 is 1.79 bits per heavy atom. The number of pyridine rings is 1. The lowest BCUT2D eigenvalue weighted by molar-refractivity contribution is 0.345. The number of nitrogens with one attached hydrogen (secondary N) is 1. The van der Waals surface area contributed by atoms with Crippen molar-refractivity contribution in [1.29, 1.82) is 5.26 Å². The molecule has 0 radical (unpaired) electrons. The van der Waals surface area contributed by atoms with Gasteiger partial charge in [0.25, 0.3) is 0 Å². The molecule has 1 N–H and O–H groups in total. The summed E-state index contributed by atoms with van der Waals surface area (Å²) in [5.41, 5.74) is 3.71. The molecule has 0 spiro atoms. The molecule has 1 aromatic heterocycles. The monoisotopic (exact) mass is 484 g/mol. The van der Waals surface area contributed by atoms with Crippen LogP contribution >= 0.6 is 0 Å². The van der Waals surface area contributed by atoms with Crippen molar-refractivity contribution in [3.8, 4) is 17.2 Å². The molecule has 7 heteroatoms. The van der Waals surface area contributed by atoms with Crippen molar-refractivity contribution in [2.24, 2.45) is 0 Å². The first-order valence-electron chi connectivity index (χ1n) is 11.2. The Hall–Kier alpha value is -3.31. The third-order valence-corrected chi connectivity index (χ3v) is 9.40. The maximum absolute atomic E-state index is 13.3. The Balaban J connectivity index is 1.39. The van der Waals surface area contributed by atoms with Crippen LogP contribution < -0.4 is 5.32 Å². The van der Waals surface area contributed by atoms with Crippen LogP contribution in [0.15, 0.2) is 90.1 Å². The molecule has 34 heavy (non-hydrogen) atoms. The second-order valence-corrected chi connectivity index (χ2v) is 11.7. The van der Waals surface area contributed by atoms with E-state index < -0.39 is 8.68 Å². The molecule has 170 valence electrons. The number of rotatable bonds is 5. The SMILES string of the molecule is N#Cc1cccc(-c2cc(NC3CCN(S(=O)(=S)c4ccccc4)CC3)c3cnccc3c2)c1. The quantitative estimate of drug-likeness (QED) is 0.412. The van der Waals surface area contributed by atoms with Crippen molar-refractivity contribution in [2.45, 2.75) is 23.8 Å². The summed E-state index contributed by atoms with van der Waals surface area (Å²) in [7, 11) is -2.64. The zero-order valence-electron chi connectivity index (χ0n) is 18.6. The summed E-state index contributed by atoms with van der Waals surface area (Å²) in [6.45, 7) is 1.35. The van der Waals surface area contributed by atoms with Gasteiger partial charge in [-0.3, -0.25) is 4.98 Å². The van der Waals surface area contributed by atoms with E-state index in [2.05, 4.69) is 28.5 Å². The van der Waals surface area contributed by atoms with Crippen LogP contribution in [0.3, 0.4) is 0 Å². The van der Waals surface area contributed by atoms with E-state index in [-0.39, 0.29) is 6.04 Å². The van der Waals surface area contributed by atoms with Crippen LogP contribution in [0.5, 0.6) is 0 Å². The maximum Gasteiger partial charge on any atom is 0.121 e. The number of anilines is 1. The van der Waals surface area contributed by atoms with Crippen molar-refractivity contribution in [2.75, 3.05) is 18.4 Å². The molecule has 3 aromatic carbocycles. The number of fused-ring (bicyclic) bond motifs is 1. The molecule has 1 atom stereocenters. The first-order valence-corrected chi connectivity index (χ1v) is 13.7. The van der Waals surface area contributed by atoms with Crippen LogP contribution in [0.2, 0.25) is 0 Å². The summed E-state index contributed by atoms with van der Waals surface area (Å²) < 4.78 is 15.3. The third kappa shape index (κ3) is 4.53. The lowest BCUT2D eigenvalue weighted by Crippen LogP contribution is -2.42. The molecule has 5 rings (SSSR count).